The van der Waals surface area contributed by atoms with E-state index in [9.17, 15) is 162 Å². The Morgan fingerprint density at radius 3 is 0.896 bits per heavy atom. The largest absolute Gasteiger partial charge is 0.480 e. The van der Waals surface area contributed by atoms with Crippen LogP contribution in [0.5, 0.6) is 0 Å². The average molecular weight is 1800 g/mol. The van der Waals surface area contributed by atoms with Crippen molar-refractivity contribution < 1.29 is 196 Å². The minimum absolute atomic E-state index is 0.580. The third kappa shape index (κ3) is 35.3. The average Bonchev–Trinajstić information content (AvgIpc) is 0.783. The van der Waals surface area contributed by atoms with Crippen LogP contribution in [-0.4, -0.2) is 441 Å². The monoisotopic (exact) mass is 1800 g/mol. The molecule has 0 aromatic carbocycles. The summed E-state index contributed by atoms with van der Waals surface area (Å²) >= 11 is 0. The molecule has 59 nitrogen and oxygen atoms in total. The highest BCUT2D eigenvalue weighted by molar-refractivity contribution is 5.99. The van der Waals surface area contributed by atoms with Crippen LogP contribution in [0.3, 0.4) is 0 Å². The molecule has 4 rings (SSSR count). The Kier molecular flexibility index (Phi) is 44.4. The van der Waals surface area contributed by atoms with Crippen LogP contribution in [0.25, 0.3) is 0 Å². The molecule has 4 saturated heterocycles. The van der Waals surface area contributed by atoms with E-state index >= 15 is 0 Å². The Morgan fingerprint density at radius 2 is 0.584 bits per heavy atom. The van der Waals surface area contributed by atoms with Gasteiger partial charge < -0.3 is 201 Å². The van der Waals surface area contributed by atoms with Gasteiger partial charge in [-0.3, -0.25) is 95.9 Å². The van der Waals surface area contributed by atoms with E-state index < -0.39 is 383 Å². The van der Waals surface area contributed by atoms with Crippen LogP contribution in [0.1, 0.15) is 40.5 Å². The first-order valence-corrected chi connectivity index (χ1v) is 37.7. The molecule has 33 N–H and O–H groups in total. The summed E-state index contributed by atoms with van der Waals surface area (Å²) in [6.45, 7) is -10.4. The number of amides is 19. The molecule has 59 heteroatoms. The number of carbonyl (C=O) groups excluding carboxylic acids is 19. The van der Waals surface area contributed by atoms with Crippen molar-refractivity contribution in [3.05, 3.63) is 0 Å². The number of hydrogen-bond acceptors (Lipinski definition) is 39. The van der Waals surface area contributed by atoms with Crippen molar-refractivity contribution >= 4 is 118 Å². The minimum atomic E-state index is -2.03. The summed E-state index contributed by atoms with van der Waals surface area (Å²) < 4.78 is 33.4. The third-order valence-electron chi connectivity index (χ3n) is 18.0. The molecule has 19 amide bonds. The van der Waals surface area contributed by atoms with E-state index in [1.165, 1.54) is 0 Å². The highest BCUT2D eigenvalue weighted by atomic mass is 16.7. The highest BCUT2D eigenvalue weighted by Gasteiger charge is 2.54. The summed E-state index contributed by atoms with van der Waals surface area (Å²) in [6.07, 6.45) is -35.1. The van der Waals surface area contributed by atoms with Crippen LogP contribution in [0.4, 0.5) is 0 Å². The molecule has 0 aliphatic carbocycles. The van der Waals surface area contributed by atoms with E-state index in [4.69, 9.17) is 33.5 Å². The standard InChI is InChI=1S/C66H105N19O40/c1-23(78-42(102)13-69-39(99)10-75-60(117)27(81-43(103)14-70-36(96)7-67-24(2)91)5-34(94)84-63-47(79-25(3)92)51(110)57(32(21-89)120-63)124-65-55(114)53(112)49(108)30(19-87)122-65)59(116)74-9-38(98)68-8-37(97)71-16-45(105)83-29(18-86)62(119)77-11-40(100)72-15-44(104)82-28(61(118)76-12-41(101)73-17-46(106)107)6-35(95)85-64-48(80-26(4)93)52(111)58(33(22-90)121-64)125-66-56(115)54(113)50(109)31(20-88)123-66/h23,27-33,47-58,63-66,86-90,108-115H,5-22H2,1-4H3,(H,67,91)(H,68,98)(H,69,99)(H,70,96)(H,71,97)(H,72,100)(H,73,101)(H,74,116)(H,75,117)(H,76,118)(H,77,119)(H,78,102)(H,79,92)(H,80,93)(H,81,103)(H,82,104)(H,83,105)(H,84,94)(H,85,95)(H,106,107)/t23-,27-,28-,29-,30+,31+,32+,33+,47+,48+,49-,50-,51+,52+,53-,54-,55+,56+,57+,58+,63+,64+,65-,66-/m0/s1. The fourth-order valence-electron chi connectivity index (χ4n) is 11.6. The Bertz CT molecular complexity index is 3800. The SMILES string of the molecule is CC(=O)NCC(=O)NCC(=O)N[C@@H](CC(=O)N[C@@H]1O[C@H](CO)[C@@H](O[C@@H]2O[C@H](CO)[C@H](O)[C@H](O)[C@H]2O)[C@H](O)[C@H]1NC(C)=O)C(=O)NCC(=O)NCC(=O)N[C@@H](C)C(=O)NCC(=O)NCC(=O)NCC(=O)N[C@@H](CO)C(=O)NCC(=O)NCC(=O)N[C@@H](CC(=O)N[C@@H]1O[C@H](CO)[C@@H](O[C@@H]2O[C@H](CO)[C@H](O)[C@H](O)[C@H]2O)[C@H](O)[C@H]1NC(C)=O)C(=O)NCC(=O)NCC(=O)O. The molecule has 0 aromatic rings. The maximum atomic E-state index is 13.7. The van der Waals surface area contributed by atoms with Gasteiger partial charge in [-0.25, -0.2) is 0 Å². The first-order chi connectivity index (χ1) is 58.8. The highest BCUT2D eigenvalue weighted by Crippen LogP contribution is 2.31. The molecule has 125 heavy (non-hydrogen) atoms. The van der Waals surface area contributed by atoms with Gasteiger partial charge in [0.1, 0.15) is 128 Å². The van der Waals surface area contributed by atoms with Gasteiger partial charge >= 0.3 is 5.97 Å². The molecule has 704 valence electrons. The molecule has 4 heterocycles. The van der Waals surface area contributed by atoms with E-state index in [0.717, 1.165) is 27.7 Å². The first-order valence-electron chi connectivity index (χ1n) is 37.7. The normalized spacial score (nSPS) is 26.5. The Labute approximate surface area is 705 Å². The number of ether oxygens (including phenoxy) is 6. The van der Waals surface area contributed by atoms with E-state index in [-0.39, 0.29) is 0 Å². The Morgan fingerprint density at radius 1 is 0.296 bits per heavy atom. The maximum Gasteiger partial charge on any atom is 0.322 e. The molecule has 24 atom stereocenters. The lowest BCUT2D eigenvalue weighted by Gasteiger charge is -2.47. The number of hydrogen-bond donors (Lipinski definition) is 33. The van der Waals surface area contributed by atoms with Gasteiger partial charge in [-0.1, -0.05) is 0 Å². The van der Waals surface area contributed by atoms with E-state index in [1.54, 1.807) is 0 Å². The zero-order valence-corrected chi connectivity index (χ0v) is 67.0. The minimum Gasteiger partial charge on any atom is -0.480 e. The van der Waals surface area contributed by atoms with Gasteiger partial charge in [0.2, 0.25) is 112 Å². The van der Waals surface area contributed by atoms with Crippen LogP contribution >= 0.6 is 0 Å². The van der Waals surface area contributed by atoms with Crippen LogP contribution < -0.4 is 101 Å². The predicted molar refractivity (Wildman–Crippen MR) is 398 cm³/mol. The predicted octanol–water partition coefficient (Wildman–Crippen LogP) is -24.1. The summed E-state index contributed by atoms with van der Waals surface area (Å²) in [5, 5.41) is 184. The van der Waals surface area contributed by atoms with E-state index in [1.807, 2.05) is 26.6 Å². The quantitative estimate of drug-likeness (QED) is 0.0269. The van der Waals surface area contributed by atoms with E-state index in [0.29, 0.717) is 0 Å². The molecular weight excluding hydrogens is 1700 g/mol. The van der Waals surface area contributed by atoms with Crippen LogP contribution in [0, 0.1) is 0 Å². The molecule has 0 spiro atoms. The van der Waals surface area contributed by atoms with E-state index in [2.05, 4.69) is 74.4 Å². The second-order valence-electron chi connectivity index (χ2n) is 27.8. The molecule has 4 aliphatic rings. The molecule has 0 bridgehead atoms. The van der Waals surface area contributed by atoms with Gasteiger partial charge in [-0.15, -0.1) is 0 Å². The van der Waals surface area contributed by atoms with Crippen molar-refractivity contribution in [3.8, 4) is 0 Å². The van der Waals surface area contributed by atoms with Crippen molar-refractivity contribution in [2.75, 3.05) is 105 Å². The first kappa shape index (κ1) is 106. The summed E-state index contributed by atoms with van der Waals surface area (Å²) in [5.41, 5.74) is 0. The fraction of sp³-hybridized carbons (Fsp3) is 0.697. The topological polar surface area (TPSA) is 909 Å². The number of aliphatic hydroxyl groups is 13. The van der Waals surface area contributed by atoms with Gasteiger partial charge in [0.15, 0.2) is 25.0 Å². The lowest BCUT2D eigenvalue weighted by molar-refractivity contribution is -0.336. The Balaban J connectivity index is 1.22. The van der Waals surface area contributed by atoms with Crippen LogP contribution in [0.15, 0.2) is 0 Å². The lowest BCUT2D eigenvalue weighted by atomic mass is 9.94. The summed E-state index contributed by atoms with van der Waals surface area (Å²) in [7, 11) is 0. The van der Waals surface area contributed by atoms with Gasteiger partial charge in [-0.2, -0.15) is 0 Å². The van der Waals surface area contributed by atoms with Crippen molar-refractivity contribution in [2.45, 2.75) is 187 Å². The number of carboxylic acids is 1. The third-order valence-corrected chi connectivity index (χ3v) is 18.0. The molecule has 4 fully saturated rings. The fourth-order valence-corrected chi connectivity index (χ4v) is 11.6. The van der Waals surface area contributed by atoms with Crippen LogP contribution in [-0.2, 0) is 124 Å². The molecule has 4 aliphatic heterocycles. The second kappa shape index (κ2) is 52.4. The number of aliphatic carboxylic acids is 1. The number of rotatable bonds is 47. The number of nitrogens with one attached hydrogen (secondary N) is 19. The van der Waals surface area contributed by atoms with Gasteiger partial charge in [0, 0.05) is 20.8 Å². The number of carboxylic acid groups (broad SMARTS) is 1. The smallest absolute Gasteiger partial charge is 0.322 e. The summed E-state index contributed by atoms with van der Waals surface area (Å²) in [4.78, 5) is 253. The van der Waals surface area contributed by atoms with Crippen LogP contribution in [0.2, 0.25) is 0 Å². The van der Waals surface area contributed by atoms with Crippen molar-refractivity contribution in [1.29, 1.82) is 0 Å². The van der Waals surface area contributed by atoms with Gasteiger partial charge in [0.25, 0.3) is 0 Å². The summed E-state index contributed by atoms with van der Waals surface area (Å²) in [6, 6.07) is -10.6. The van der Waals surface area contributed by atoms with Gasteiger partial charge in [-0.05, 0) is 6.92 Å². The maximum absolute atomic E-state index is 13.7. The Hall–Kier alpha value is -11.4. The molecule has 0 saturated carbocycles. The zero-order chi connectivity index (χ0) is 93.8. The van der Waals surface area contributed by atoms with Crippen molar-refractivity contribution in [2.24, 2.45) is 0 Å². The van der Waals surface area contributed by atoms with Crippen molar-refractivity contribution in [3.63, 3.8) is 0 Å². The summed E-state index contributed by atoms with van der Waals surface area (Å²) in [5.74, 6) is -21.8. The zero-order valence-electron chi connectivity index (χ0n) is 67.0. The number of aliphatic hydroxyl groups excluding tert-OH is 13. The lowest BCUT2D eigenvalue weighted by Crippen LogP contribution is -2.70. The van der Waals surface area contributed by atoms with Crippen molar-refractivity contribution in [1.82, 2.24) is 101 Å². The molecular formula is C66H105N19O40. The molecule has 0 unspecified atom stereocenters. The number of carbonyl (C=O) groups is 20. The van der Waals surface area contributed by atoms with Gasteiger partial charge in [0.05, 0.1) is 111 Å². The molecule has 0 aromatic heterocycles. The molecule has 0 radical (unpaired) electrons. The second-order valence-corrected chi connectivity index (χ2v) is 27.8.